The number of Topliss-reactive ketones (excluding diaryl/α,β-unsaturated/α-hetero) is 1. The average molecular weight is 285 g/mol. The second kappa shape index (κ2) is 6.74. The maximum absolute atomic E-state index is 12.5. The maximum Gasteiger partial charge on any atom is 0.176 e. The van der Waals surface area contributed by atoms with E-state index in [1.807, 2.05) is 6.07 Å². The van der Waals surface area contributed by atoms with E-state index in [1.54, 1.807) is 0 Å². The smallest absolute Gasteiger partial charge is 0.176 e. The van der Waals surface area contributed by atoms with Crippen molar-refractivity contribution in [2.45, 2.75) is 51.4 Å². The van der Waals surface area contributed by atoms with Gasteiger partial charge in [0.25, 0.3) is 0 Å². The van der Waals surface area contributed by atoms with E-state index in [1.165, 1.54) is 56.1 Å². The van der Waals surface area contributed by atoms with Gasteiger partial charge in [0.1, 0.15) is 0 Å². The SMILES string of the molecule is CN(CC(=O)c1ccc2c(c1)CCC2)CC1CCCCC1. The monoisotopic (exact) mass is 285 g/mol. The number of hydrogen-bond acceptors (Lipinski definition) is 2. The van der Waals surface area contributed by atoms with Crippen LogP contribution < -0.4 is 0 Å². The van der Waals surface area contributed by atoms with Crippen molar-refractivity contribution < 1.29 is 4.79 Å². The van der Waals surface area contributed by atoms with Crippen molar-refractivity contribution in [3.8, 4) is 0 Å². The average Bonchev–Trinajstić information content (AvgIpc) is 2.95. The molecule has 0 N–H and O–H groups in total. The Hall–Kier alpha value is -1.15. The Morgan fingerprint density at radius 3 is 2.67 bits per heavy atom. The predicted molar refractivity (Wildman–Crippen MR) is 86.9 cm³/mol. The van der Waals surface area contributed by atoms with Crippen molar-refractivity contribution >= 4 is 5.78 Å². The van der Waals surface area contributed by atoms with E-state index in [0.717, 1.165) is 24.4 Å². The molecule has 2 heteroatoms. The van der Waals surface area contributed by atoms with Crippen LogP contribution in [0, 0.1) is 5.92 Å². The molecule has 1 saturated carbocycles. The number of carbonyl (C=O) groups is 1. The summed E-state index contributed by atoms with van der Waals surface area (Å²) < 4.78 is 0. The predicted octanol–water partition coefficient (Wildman–Crippen LogP) is 3.87. The van der Waals surface area contributed by atoms with E-state index >= 15 is 0 Å². The molecule has 21 heavy (non-hydrogen) atoms. The summed E-state index contributed by atoms with van der Waals surface area (Å²) in [5.41, 5.74) is 3.75. The Balaban J connectivity index is 1.55. The molecule has 0 spiro atoms. The topological polar surface area (TPSA) is 20.3 Å². The Labute approximate surface area is 128 Å². The lowest BCUT2D eigenvalue weighted by molar-refractivity contribution is 0.0932. The number of hydrogen-bond donors (Lipinski definition) is 0. The van der Waals surface area contributed by atoms with E-state index in [2.05, 4.69) is 24.1 Å². The summed E-state index contributed by atoms with van der Waals surface area (Å²) in [4.78, 5) is 14.7. The third-order valence-electron chi connectivity index (χ3n) is 5.13. The molecule has 1 aromatic rings. The van der Waals surface area contributed by atoms with Gasteiger partial charge in [-0.15, -0.1) is 0 Å². The Bertz CT molecular complexity index is 502. The number of nitrogens with zero attached hydrogens (tertiary/aromatic N) is 1. The van der Waals surface area contributed by atoms with Gasteiger partial charge in [0.05, 0.1) is 6.54 Å². The highest BCUT2D eigenvalue weighted by Crippen LogP contribution is 2.25. The molecule has 0 amide bonds. The molecule has 0 aliphatic heterocycles. The van der Waals surface area contributed by atoms with Gasteiger partial charge in [-0.2, -0.15) is 0 Å². The molecule has 0 bridgehead atoms. The second-order valence-electron chi connectivity index (χ2n) is 6.96. The van der Waals surface area contributed by atoms with Gasteiger partial charge in [-0.05, 0) is 62.3 Å². The van der Waals surface area contributed by atoms with Crippen LogP contribution in [-0.2, 0) is 12.8 Å². The van der Waals surface area contributed by atoms with Crippen LogP contribution >= 0.6 is 0 Å². The molecule has 2 aliphatic rings. The lowest BCUT2D eigenvalue weighted by Crippen LogP contribution is -2.31. The number of aryl methyl sites for hydroxylation is 2. The number of likely N-dealkylation sites (N-methyl/N-ethyl adjacent to an activating group) is 1. The molecule has 0 unspecified atom stereocenters. The molecule has 3 rings (SSSR count). The van der Waals surface area contributed by atoms with Gasteiger partial charge < -0.3 is 0 Å². The van der Waals surface area contributed by atoms with Gasteiger partial charge in [-0.3, -0.25) is 9.69 Å². The summed E-state index contributed by atoms with van der Waals surface area (Å²) in [7, 11) is 2.10. The van der Waals surface area contributed by atoms with Gasteiger partial charge in [-0.25, -0.2) is 0 Å². The van der Waals surface area contributed by atoms with Crippen LogP contribution in [0.2, 0.25) is 0 Å². The lowest BCUT2D eigenvalue weighted by Gasteiger charge is -2.26. The number of benzene rings is 1. The minimum absolute atomic E-state index is 0.281. The first kappa shape index (κ1) is 14.8. The van der Waals surface area contributed by atoms with Crippen molar-refractivity contribution in [3.05, 3.63) is 34.9 Å². The van der Waals surface area contributed by atoms with Crippen LogP contribution in [0.5, 0.6) is 0 Å². The fourth-order valence-corrected chi connectivity index (χ4v) is 3.96. The van der Waals surface area contributed by atoms with Gasteiger partial charge in [0, 0.05) is 12.1 Å². The molecular formula is C19H27NO. The summed E-state index contributed by atoms with van der Waals surface area (Å²) in [6, 6.07) is 6.33. The Morgan fingerprint density at radius 2 is 1.86 bits per heavy atom. The van der Waals surface area contributed by atoms with Crippen molar-refractivity contribution in [1.29, 1.82) is 0 Å². The molecule has 0 atom stereocenters. The molecule has 2 nitrogen and oxygen atoms in total. The van der Waals surface area contributed by atoms with Gasteiger partial charge in [-0.1, -0.05) is 31.4 Å². The lowest BCUT2D eigenvalue weighted by atomic mass is 9.89. The van der Waals surface area contributed by atoms with Crippen LogP contribution in [0.4, 0.5) is 0 Å². The van der Waals surface area contributed by atoms with Crippen LogP contribution in [0.3, 0.4) is 0 Å². The first-order valence-electron chi connectivity index (χ1n) is 8.56. The zero-order chi connectivity index (χ0) is 14.7. The molecule has 0 radical (unpaired) electrons. The van der Waals surface area contributed by atoms with Gasteiger partial charge in [0.15, 0.2) is 5.78 Å². The number of carbonyl (C=O) groups excluding carboxylic acids is 1. The summed E-state index contributed by atoms with van der Waals surface area (Å²) >= 11 is 0. The summed E-state index contributed by atoms with van der Waals surface area (Å²) in [5, 5.41) is 0. The van der Waals surface area contributed by atoms with E-state index < -0.39 is 0 Å². The van der Waals surface area contributed by atoms with Crippen LogP contribution in [0.1, 0.15) is 60.0 Å². The van der Waals surface area contributed by atoms with Gasteiger partial charge in [0.2, 0.25) is 0 Å². The van der Waals surface area contributed by atoms with Crippen molar-refractivity contribution in [2.75, 3.05) is 20.1 Å². The van der Waals surface area contributed by atoms with E-state index in [-0.39, 0.29) is 5.78 Å². The largest absolute Gasteiger partial charge is 0.299 e. The van der Waals surface area contributed by atoms with Crippen LogP contribution in [-0.4, -0.2) is 30.8 Å². The summed E-state index contributed by atoms with van der Waals surface area (Å²) in [5.74, 6) is 1.08. The normalized spacial score (nSPS) is 19.0. The summed E-state index contributed by atoms with van der Waals surface area (Å²) in [6.07, 6.45) is 10.4. The highest BCUT2D eigenvalue weighted by molar-refractivity contribution is 5.97. The highest BCUT2D eigenvalue weighted by Gasteiger charge is 2.18. The number of fused-ring (bicyclic) bond motifs is 1. The van der Waals surface area contributed by atoms with E-state index in [9.17, 15) is 4.79 Å². The molecule has 1 aromatic carbocycles. The quantitative estimate of drug-likeness (QED) is 0.765. The zero-order valence-corrected chi connectivity index (χ0v) is 13.2. The molecule has 2 aliphatic carbocycles. The van der Waals surface area contributed by atoms with Crippen molar-refractivity contribution in [3.63, 3.8) is 0 Å². The second-order valence-corrected chi connectivity index (χ2v) is 6.96. The van der Waals surface area contributed by atoms with Crippen LogP contribution in [0.25, 0.3) is 0 Å². The third kappa shape index (κ3) is 3.74. The van der Waals surface area contributed by atoms with Crippen molar-refractivity contribution in [2.24, 2.45) is 5.92 Å². The number of rotatable bonds is 5. The molecule has 114 valence electrons. The van der Waals surface area contributed by atoms with Crippen molar-refractivity contribution in [1.82, 2.24) is 4.90 Å². The molecular weight excluding hydrogens is 258 g/mol. The fraction of sp³-hybridized carbons (Fsp3) is 0.632. The Kier molecular flexibility index (Phi) is 4.74. The number of ketones is 1. The van der Waals surface area contributed by atoms with E-state index in [4.69, 9.17) is 0 Å². The van der Waals surface area contributed by atoms with Gasteiger partial charge >= 0.3 is 0 Å². The fourth-order valence-electron chi connectivity index (χ4n) is 3.96. The first-order chi connectivity index (χ1) is 10.2. The van der Waals surface area contributed by atoms with Crippen LogP contribution in [0.15, 0.2) is 18.2 Å². The molecule has 0 heterocycles. The third-order valence-corrected chi connectivity index (χ3v) is 5.13. The minimum Gasteiger partial charge on any atom is -0.299 e. The molecule has 0 saturated heterocycles. The molecule has 1 fully saturated rings. The first-order valence-corrected chi connectivity index (χ1v) is 8.56. The standard InChI is InChI=1S/C19H27NO/c1-20(13-15-6-3-2-4-7-15)14-19(21)18-11-10-16-8-5-9-17(16)12-18/h10-12,15H,2-9,13-14H2,1H3. The summed E-state index contributed by atoms with van der Waals surface area (Å²) in [6.45, 7) is 1.64. The maximum atomic E-state index is 12.5. The molecule has 0 aromatic heterocycles. The Morgan fingerprint density at radius 1 is 1.10 bits per heavy atom. The zero-order valence-electron chi connectivity index (χ0n) is 13.2. The van der Waals surface area contributed by atoms with E-state index in [0.29, 0.717) is 6.54 Å². The highest BCUT2D eigenvalue weighted by atomic mass is 16.1. The minimum atomic E-state index is 0.281.